The number of aromatic nitrogens is 2. The Morgan fingerprint density at radius 2 is 2.21 bits per heavy atom. The van der Waals surface area contributed by atoms with E-state index in [1.54, 1.807) is 19.2 Å². The van der Waals surface area contributed by atoms with Crippen LogP contribution in [0.1, 0.15) is 23.1 Å². The van der Waals surface area contributed by atoms with E-state index in [2.05, 4.69) is 15.4 Å². The lowest BCUT2D eigenvalue weighted by Gasteiger charge is -2.16. The van der Waals surface area contributed by atoms with Crippen molar-refractivity contribution in [2.45, 2.75) is 19.4 Å². The molecule has 1 aromatic carbocycles. The van der Waals surface area contributed by atoms with Crippen molar-refractivity contribution in [2.24, 2.45) is 5.84 Å². The predicted molar refractivity (Wildman–Crippen MR) is 71.9 cm³/mol. The molecule has 0 saturated carbocycles. The molecule has 0 aliphatic rings. The van der Waals surface area contributed by atoms with E-state index in [0.29, 0.717) is 22.8 Å². The minimum absolute atomic E-state index is 0.249. The summed E-state index contributed by atoms with van der Waals surface area (Å²) in [5.74, 6) is 5.87. The molecule has 0 saturated heterocycles. The molecule has 0 fully saturated rings. The number of benzene rings is 1. The highest BCUT2D eigenvalue weighted by Crippen LogP contribution is 2.23. The van der Waals surface area contributed by atoms with Gasteiger partial charge in [0.05, 0.1) is 11.7 Å². The Hall–Kier alpha value is -1.56. The molecule has 4 nitrogen and oxygen atoms in total. The molecule has 1 aromatic heterocycles. The molecule has 3 N–H and O–H groups in total. The zero-order valence-corrected chi connectivity index (χ0v) is 11.2. The van der Waals surface area contributed by atoms with Gasteiger partial charge in [0.1, 0.15) is 11.6 Å². The molecule has 2 rings (SSSR count). The van der Waals surface area contributed by atoms with Crippen LogP contribution in [0.2, 0.25) is 5.02 Å². The van der Waals surface area contributed by atoms with Gasteiger partial charge in [0.2, 0.25) is 0 Å². The van der Waals surface area contributed by atoms with Gasteiger partial charge in [-0.2, -0.15) is 0 Å². The van der Waals surface area contributed by atoms with Crippen molar-refractivity contribution in [3.8, 4) is 0 Å². The Balaban J connectivity index is 2.26. The number of hydrogen-bond acceptors (Lipinski definition) is 4. The van der Waals surface area contributed by atoms with Crippen molar-refractivity contribution in [3.05, 3.63) is 58.4 Å². The average Bonchev–Trinajstić information content (AvgIpc) is 2.39. The minimum atomic E-state index is -0.325. The molecule has 100 valence electrons. The predicted octanol–water partition coefficient (Wildman–Crippen LogP) is 2.32. The molecule has 0 bridgehead atoms. The molecular formula is C13H14ClFN4. The first-order chi connectivity index (χ1) is 9.10. The van der Waals surface area contributed by atoms with E-state index in [1.165, 1.54) is 18.2 Å². The van der Waals surface area contributed by atoms with Gasteiger partial charge in [-0.3, -0.25) is 11.3 Å². The molecule has 6 heteroatoms. The van der Waals surface area contributed by atoms with E-state index in [4.69, 9.17) is 17.4 Å². The normalized spacial score (nSPS) is 12.4. The molecule has 0 spiro atoms. The first-order valence-corrected chi connectivity index (χ1v) is 6.17. The van der Waals surface area contributed by atoms with Gasteiger partial charge < -0.3 is 0 Å². The average molecular weight is 281 g/mol. The summed E-state index contributed by atoms with van der Waals surface area (Å²) in [6.45, 7) is 1.80. The number of aryl methyl sites for hydroxylation is 1. The second kappa shape index (κ2) is 6.06. The summed E-state index contributed by atoms with van der Waals surface area (Å²) in [6, 6.07) is 5.78. The van der Waals surface area contributed by atoms with Crippen LogP contribution in [0, 0.1) is 12.7 Å². The molecule has 1 unspecified atom stereocenters. The third-order valence-corrected chi connectivity index (χ3v) is 3.16. The lowest BCUT2D eigenvalue weighted by molar-refractivity contribution is 0.533. The summed E-state index contributed by atoms with van der Waals surface area (Å²) >= 11 is 6.05. The minimum Gasteiger partial charge on any atom is -0.271 e. The van der Waals surface area contributed by atoms with Crippen LogP contribution in [0.4, 0.5) is 4.39 Å². The highest BCUT2D eigenvalue weighted by atomic mass is 35.5. The zero-order chi connectivity index (χ0) is 13.8. The molecule has 1 atom stereocenters. The van der Waals surface area contributed by atoms with Crippen LogP contribution < -0.4 is 11.3 Å². The fraction of sp³-hybridized carbons (Fsp3) is 0.231. The molecule has 0 amide bonds. The second-order valence-electron chi connectivity index (χ2n) is 4.19. The van der Waals surface area contributed by atoms with Gasteiger partial charge in [0.25, 0.3) is 0 Å². The summed E-state index contributed by atoms with van der Waals surface area (Å²) in [4.78, 5) is 8.33. The molecule has 2 aromatic rings. The summed E-state index contributed by atoms with van der Waals surface area (Å²) in [7, 11) is 0. The Bertz CT molecular complexity index is 576. The van der Waals surface area contributed by atoms with Crippen molar-refractivity contribution < 1.29 is 4.39 Å². The molecule has 0 radical (unpaired) electrons. The van der Waals surface area contributed by atoms with Crippen LogP contribution in [0.3, 0.4) is 0 Å². The smallest absolute Gasteiger partial charge is 0.125 e. The van der Waals surface area contributed by atoms with Gasteiger partial charge in [0, 0.05) is 11.2 Å². The Kier molecular flexibility index (Phi) is 4.42. The molecule has 1 heterocycles. The van der Waals surface area contributed by atoms with Crippen LogP contribution in [0.5, 0.6) is 0 Å². The molecule has 19 heavy (non-hydrogen) atoms. The monoisotopic (exact) mass is 280 g/mol. The van der Waals surface area contributed by atoms with Gasteiger partial charge >= 0.3 is 0 Å². The third-order valence-electron chi connectivity index (χ3n) is 2.79. The van der Waals surface area contributed by atoms with Crippen LogP contribution >= 0.6 is 11.6 Å². The Morgan fingerprint density at radius 1 is 1.42 bits per heavy atom. The Labute approximate surface area is 115 Å². The molecule has 0 aliphatic heterocycles. The first-order valence-electron chi connectivity index (χ1n) is 5.79. The largest absolute Gasteiger partial charge is 0.271 e. The van der Waals surface area contributed by atoms with E-state index in [0.717, 1.165) is 5.69 Å². The van der Waals surface area contributed by atoms with Gasteiger partial charge in [-0.1, -0.05) is 11.6 Å². The number of hydrazine groups is 1. The first kappa shape index (κ1) is 13.9. The van der Waals surface area contributed by atoms with Gasteiger partial charge in [0.15, 0.2) is 0 Å². The van der Waals surface area contributed by atoms with Gasteiger partial charge in [-0.15, -0.1) is 0 Å². The summed E-state index contributed by atoms with van der Waals surface area (Å²) in [5.41, 5.74) is 4.10. The van der Waals surface area contributed by atoms with Crippen LogP contribution in [-0.2, 0) is 6.42 Å². The van der Waals surface area contributed by atoms with Gasteiger partial charge in [-0.05, 0) is 43.2 Å². The highest BCUT2D eigenvalue weighted by Gasteiger charge is 2.14. The van der Waals surface area contributed by atoms with Crippen molar-refractivity contribution >= 4 is 11.6 Å². The summed E-state index contributed by atoms with van der Waals surface area (Å²) < 4.78 is 13.2. The Morgan fingerprint density at radius 3 is 2.89 bits per heavy atom. The SMILES string of the molecule is Cc1nccc(C(Cc2cc(F)ccc2Cl)NN)n1. The van der Waals surface area contributed by atoms with Crippen LogP contribution in [-0.4, -0.2) is 9.97 Å². The number of hydrogen-bond donors (Lipinski definition) is 2. The van der Waals surface area contributed by atoms with E-state index >= 15 is 0 Å². The summed E-state index contributed by atoms with van der Waals surface area (Å²) in [5, 5.41) is 0.507. The summed E-state index contributed by atoms with van der Waals surface area (Å²) in [6.07, 6.45) is 2.11. The number of halogens is 2. The van der Waals surface area contributed by atoms with E-state index < -0.39 is 0 Å². The lowest BCUT2D eigenvalue weighted by atomic mass is 10.0. The molecule has 0 aliphatic carbocycles. The number of rotatable bonds is 4. The lowest BCUT2D eigenvalue weighted by Crippen LogP contribution is -2.30. The second-order valence-corrected chi connectivity index (χ2v) is 4.60. The van der Waals surface area contributed by atoms with E-state index in [-0.39, 0.29) is 11.9 Å². The topological polar surface area (TPSA) is 63.8 Å². The van der Waals surface area contributed by atoms with Crippen molar-refractivity contribution in [1.82, 2.24) is 15.4 Å². The maximum Gasteiger partial charge on any atom is 0.125 e. The number of nitrogens with two attached hydrogens (primary N) is 1. The maximum absolute atomic E-state index is 13.2. The highest BCUT2D eigenvalue weighted by molar-refractivity contribution is 6.31. The van der Waals surface area contributed by atoms with E-state index in [9.17, 15) is 4.39 Å². The van der Waals surface area contributed by atoms with Gasteiger partial charge in [-0.25, -0.2) is 14.4 Å². The van der Waals surface area contributed by atoms with Crippen molar-refractivity contribution in [1.29, 1.82) is 0 Å². The fourth-order valence-corrected chi connectivity index (χ4v) is 2.03. The van der Waals surface area contributed by atoms with Crippen molar-refractivity contribution in [2.75, 3.05) is 0 Å². The van der Waals surface area contributed by atoms with Crippen molar-refractivity contribution in [3.63, 3.8) is 0 Å². The maximum atomic E-state index is 13.2. The number of nitrogens with one attached hydrogen (secondary N) is 1. The molecular weight excluding hydrogens is 267 g/mol. The fourth-order valence-electron chi connectivity index (χ4n) is 1.84. The zero-order valence-electron chi connectivity index (χ0n) is 10.4. The third kappa shape index (κ3) is 3.47. The number of nitrogens with zero attached hydrogens (tertiary/aromatic N) is 2. The standard InChI is InChI=1S/C13H14ClFN4/c1-8-17-5-4-12(18-8)13(19-16)7-9-6-10(15)2-3-11(9)14/h2-6,13,19H,7,16H2,1H3. The van der Waals surface area contributed by atoms with E-state index in [1.807, 2.05) is 0 Å². The van der Waals surface area contributed by atoms with Crippen LogP contribution in [0.25, 0.3) is 0 Å². The quantitative estimate of drug-likeness (QED) is 0.666. The van der Waals surface area contributed by atoms with Crippen LogP contribution in [0.15, 0.2) is 30.5 Å².